The van der Waals surface area contributed by atoms with Gasteiger partial charge in [-0.15, -0.1) is 0 Å². The Hall–Kier alpha value is -0.790. The van der Waals surface area contributed by atoms with Gasteiger partial charge in [-0.05, 0) is 32.8 Å². The van der Waals surface area contributed by atoms with E-state index in [9.17, 15) is 0 Å². The van der Waals surface area contributed by atoms with Crippen LogP contribution in [0, 0.1) is 0 Å². The van der Waals surface area contributed by atoms with Crippen LogP contribution in [0.25, 0.3) is 0 Å². The summed E-state index contributed by atoms with van der Waals surface area (Å²) in [6, 6.07) is 0. The van der Waals surface area contributed by atoms with Crippen molar-refractivity contribution in [2.75, 3.05) is 0 Å². The summed E-state index contributed by atoms with van der Waals surface area (Å²) in [5.41, 5.74) is 1.06. The zero-order valence-corrected chi connectivity index (χ0v) is 6.50. The molecule has 0 amide bonds. The van der Waals surface area contributed by atoms with Crippen molar-refractivity contribution in [2.24, 2.45) is 5.16 Å². The highest BCUT2D eigenvalue weighted by atomic mass is 16.6. The van der Waals surface area contributed by atoms with E-state index in [1.165, 1.54) is 0 Å². The lowest BCUT2D eigenvalue weighted by Crippen LogP contribution is -1.98. The molecule has 0 aromatic rings. The molecule has 0 saturated heterocycles. The SMILES string of the molecule is CC(C)O/N=C1/C=CCC1. The molecule has 10 heavy (non-hydrogen) atoms. The Morgan fingerprint density at radius 3 is 2.90 bits per heavy atom. The molecule has 1 aliphatic rings. The maximum absolute atomic E-state index is 5.06. The molecule has 1 rings (SSSR count). The fourth-order valence-corrected chi connectivity index (χ4v) is 0.783. The predicted octanol–water partition coefficient (Wildman–Crippen LogP) is 2.12. The average molecular weight is 139 g/mol. The lowest BCUT2D eigenvalue weighted by Gasteiger charge is -2.01. The molecule has 0 saturated carbocycles. The van der Waals surface area contributed by atoms with Gasteiger partial charge in [0.1, 0.15) is 6.10 Å². The van der Waals surface area contributed by atoms with E-state index in [-0.39, 0.29) is 6.10 Å². The largest absolute Gasteiger partial charge is 0.393 e. The Morgan fingerprint density at radius 1 is 1.60 bits per heavy atom. The van der Waals surface area contributed by atoms with E-state index in [1.807, 2.05) is 19.9 Å². The van der Waals surface area contributed by atoms with Crippen molar-refractivity contribution < 1.29 is 4.84 Å². The molecule has 0 aromatic carbocycles. The molecule has 1 aliphatic carbocycles. The highest BCUT2D eigenvalue weighted by Gasteiger charge is 2.00. The standard InChI is InChI=1S/C8H13NO/c1-7(2)10-9-8-5-3-4-6-8/h3,5,7H,4,6H2,1-2H3/b9-8-. The van der Waals surface area contributed by atoms with Crippen LogP contribution in [-0.2, 0) is 4.84 Å². The van der Waals surface area contributed by atoms with Crippen LogP contribution in [0.1, 0.15) is 26.7 Å². The molecule has 0 aliphatic heterocycles. The highest BCUT2D eigenvalue weighted by molar-refractivity contribution is 5.96. The van der Waals surface area contributed by atoms with Crippen LogP contribution < -0.4 is 0 Å². The van der Waals surface area contributed by atoms with Crippen molar-refractivity contribution in [3.63, 3.8) is 0 Å². The minimum absolute atomic E-state index is 0.196. The fourth-order valence-electron chi connectivity index (χ4n) is 0.783. The predicted molar refractivity (Wildman–Crippen MR) is 42.0 cm³/mol. The Bertz CT molecular complexity index is 159. The zero-order chi connectivity index (χ0) is 7.40. The van der Waals surface area contributed by atoms with Gasteiger partial charge in [0.05, 0.1) is 5.71 Å². The van der Waals surface area contributed by atoms with Crippen LogP contribution in [-0.4, -0.2) is 11.8 Å². The van der Waals surface area contributed by atoms with Gasteiger partial charge in [-0.2, -0.15) is 0 Å². The normalized spacial score (nSPS) is 20.9. The fraction of sp³-hybridized carbons (Fsp3) is 0.625. The molecular formula is C8H13NO. The summed E-state index contributed by atoms with van der Waals surface area (Å²) in [5.74, 6) is 0. The minimum atomic E-state index is 0.196. The van der Waals surface area contributed by atoms with Gasteiger partial charge in [-0.1, -0.05) is 11.2 Å². The van der Waals surface area contributed by atoms with Crippen molar-refractivity contribution in [1.29, 1.82) is 0 Å². The Kier molecular flexibility index (Phi) is 2.49. The summed E-state index contributed by atoms with van der Waals surface area (Å²) in [5, 5.41) is 3.95. The summed E-state index contributed by atoms with van der Waals surface area (Å²) in [7, 11) is 0. The van der Waals surface area contributed by atoms with E-state index in [4.69, 9.17) is 4.84 Å². The van der Waals surface area contributed by atoms with Gasteiger partial charge >= 0.3 is 0 Å². The molecular weight excluding hydrogens is 126 g/mol. The molecule has 0 heterocycles. The monoisotopic (exact) mass is 139 g/mol. The molecule has 0 aromatic heterocycles. The topological polar surface area (TPSA) is 21.6 Å². The molecule has 0 spiro atoms. The van der Waals surface area contributed by atoms with Crippen LogP contribution in [0.3, 0.4) is 0 Å². The summed E-state index contributed by atoms with van der Waals surface area (Å²) >= 11 is 0. The molecule has 0 radical (unpaired) electrons. The average Bonchev–Trinajstić information content (AvgIpc) is 2.34. The number of oxime groups is 1. The summed E-state index contributed by atoms with van der Waals surface area (Å²) in [4.78, 5) is 5.06. The Labute approximate surface area is 61.6 Å². The first kappa shape index (κ1) is 7.32. The zero-order valence-electron chi connectivity index (χ0n) is 6.50. The van der Waals surface area contributed by atoms with Gasteiger partial charge in [0.25, 0.3) is 0 Å². The van der Waals surface area contributed by atoms with E-state index < -0.39 is 0 Å². The molecule has 2 heteroatoms. The number of rotatable bonds is 2. The quantitative estimate of drug-likeness (QED) is 0.537. The Morgan fingerprint density at radius 2 is 2.40 bits per heavy atom. The molecule has 0 bridgehead atoms. The summed E-state index contributed by atoms with van der Waals surface area (Å²) < 4.78 is 0. The lowest BCUT2D eigenvalue weighted by molar-refractivity contribution is 0.0858. The van der Waals surface area contributed by atoms with Gasteiger partial charge in [-0.3, -0.25) is 0 Å². The molecule has 56 valence electrons. The molecule has 0 atom stereocenters. The first-order chi connectivity index (χ1) is 4.79. The van der Waals surface area contributed by atoms with Crippen LogP contribution in [0.4, 0.5) is 0 Å². The number of allylic oxidation sites excluding steroid dienone is 2. The summed E-state index contributed by atoms with van der Waals surface area (Å²) in [6.07, 6.45) is 6.47. The van der Waals surface area contributed by atoms with Crippen LogP contribution >= 0.6 is 0 Å². The van der Waals surface area contributed by atoms with E-state index >= 15 is 0 Å². The third kappa shape index (κ3) is 2.21. The van der Waals surface area contributed by atoms with Crippen molar-refractivity contribution in [1.82, 2.24) is 0 Å². The second kappa shape index (κ2) is 3.40. The third-order valence-corrected chi connectivity index (χ3v) is 1.26. The first-order valence-corrected chi connectivity index (χ1v) is 3.68. The molecule has 0 fully saturated rings. The highest BCUT2D eigenvalue weighted by Crippen LogP contribution is 2.06. The summed E-state index contributed by atoms with van der Waals surface area (Å²) in [6.45, 7) is 3.95. The van der Waals surface area contributed by atoms with Crippen LogP contribution in [0.15, 0.2) is 17.3 Å². The minimum Gasteiger partial charge on any atom is -0.393 e. The molecule has 2 nitrogen and oxygen atoms in total. The maximum Gasteiger partial charge on any atom is 0.122 e. The second-order valence-corrected chi connectivity index (χ2v) is 2.68. The number of hydrogen-bond acceptors (Lipinski definition) is 2. The van der Waals surface area contributed by atoms with Crippen LogP contribution in [0.5, 0.6) is 0 Å². The van der Waals surface area contributed by atoms with E-state index in [0.29, 0.717) is 0 Å². The van der Waals surface area contributed by atoms with E-state index in [0.717, 1.165) is 18.6 Å². The van der Waals surface area contributed by atoms with E-state index in [1.54, 1.807) is 0 Å². The van der Waals surface area contributed by atoms with Gasteiger partial charge in [0, 0.05) is 0 Å². The van der Waals surface area contributed by atoms with Crippen molar-refractivity contribution >= 4 is 5.71 Å². The molecule has 0 unspecified atom stereocenters. The van der Waals surface area contributed by atoms with E-state index in [2.05, 4.69) is 11.2 Å². The van der Waals surface area contributed by atoms with Crippen molar-refractivity contribution in [3.05, 3.63) is 12.2 Å². The Balaban J connectivity index is 2.32. The lowest BCUT2D eigenvalue weighted by atomic mass is 10.3. The second-order valence-electron chi connectivity index (χ2n) is 2.68. The van der Waals surface area contributed by atoms with Crippen molar-refractivity contribution in [2.45, 2.75) is 32.8 Å². The van der Waals surface area contributed by atoms with Gasteiger partial charge in [-0.25, -0.2) is 0 Å². The van der Waals surface area contributed by atoms with Crippen molar-refractivity contribution in [3.8, 4) is 0 Å². The number of nitrogens with zero attached hydrogens (tertiary/aromatic N) is 1. The smallest absolute Gasteiger partial charge is 0.122 e. The van der Waals surface area contributed by atoms with Gasteiger partial charge in [0.15, 0.2) is 0 Å². The maximum atomic E-state index is 5.06. The van der Waals surface area contributed by atoms with Crippen LogP contribution in [0.2, 0.25) is 0 Å². The van der Waals surface area contributed by atoms with Gasteiger partial charge in [0.2, 0.25) is 0 Å². The van der Waals surface area contributed by atoms with Gasteiger partial charge < -0.3 is 4.84 Å². The third-order valence-electron chi connectivity index (χ3n) is 1.26. The first-order valence-electron chi connectivity index (χ1n) is 3.68. The number of hydrogen-bond donors (Lipinski definition) is 0. The molecule has 0 N–H and O–H groups in total.